The van der Waals surface area contributed by atoms with E-state index in [4.69, 9.17) is 25.6 Å². The van der Waals surface area contributed by atoms with Gasteiger partial charge < -0.3 is 14.0 Å². The fraction of sp³-hybridized carbons (Fsp3) is 0.700. The summed E-state index contributed by atoms with van der Waals surface area (Å²) < 4.78 is 15.7. The Morgan fingerprint density at radius 3 is 2.73 bits per heavy atom. The second kappa shape index (κ2) is 6.10. The van der Waals surface area contributed by atoms with Crippen molar-refractivity contribution in [1.29, 1.82) is 0 Å². The quantitative estimate of drug-likeness (QED) is 0.560. The summed E-state index contributed by atoms with van der Waals surface area (Å²) in [6.07, 6.45) is 0.677. The van der Waals surface area contributed by atoms with Crippen LogP contribution in [0, 0.1) is 6.92 Å². The topological polar surface area (TPSA) is 44.5 Å². The number of aromatic nitrogens is 1. The first kappa shape index (κ1) is 12.5. The molecule has 0 saturated carbocycles. The maximum Gasteiger partial charge on any atom is 0.165 e. The number of ether oxygens (including phenoxy) is 2. The number of hydrogen-bond acceptors (Lipinski definition) is 4. The standard InChI is InChI=1S/C10H16ClNO3/c1-4-9(14-6-13-8(3)11)10-5-7(2)12-15-10/h5,8-9H,4,6H2,1-3H3. The molecule has 0 aliphatic carbocycles. The highest BCUT2D eigenvalue weighted by atomic mass is 35.5. The SMILES string of the molecule is CCC(OCOC(C)Cl)c1cc(C)no1. The number of hydrogen-bond donors (Lipinski definition) is 0. The van der Waals surface area contributed by atoms with Gasteiger partial charge in [0.2, 0.25) is 0 Å². The Balaban J connectivity index is 2.42. The Bertz CT molecular complexity index is 288. The Morgan fingerprint density at radius 1 is 1.53 bits per heavy atom. The zero-order chi connectivity index (χ0) is 11.3. The highest BCUT2D eigenvalue weighted by Crippen LogP contribution is 2.21. The molecular formula is C10H16ClNO3. The number of alkyl halides is 1. The van der Waals surface area contributed by atoms with Crippen molar-refractivity contribution in [2.24, 2.45) is 0 Å². The summed E-state index contributed by atoms with van der Waals surface area (Å²) in [6.45, 7) is 5.77. The van der Waals surface area contributed by atoms with Crippen LogP contribution in [0.3, 0.4) is 0 Å². The Hall–Kier alpha value is -0.580. The number of rotatable bonds is 6. The van der Waals surface area contributed by atoms with Gasteiger partial charge in [0.15, 0.2) is 5.76 Å². The molecule has 0 saturated heterocycles. The summed E-state index contributed by atoms with van der Waals surface area (Å²) >= 11 is 5.62. The van der Waals surface area contributed by atoms with Crippen molar-refractivity contribution in [2.45, 2.75) is 38.9 Å². The van der Waals surface area contributed by atoms with Crippen molar-refractivity contribution < 1.29 is 14.0 Å². The minimum Gasteiger partial charge on any atom is -0.358 e. The molecule has 0 amide bonds. The van der Waals surface area contributed by atoms with Gasteiger partial charge in [0.25, 0.3) is 0 Å². The summed E-state index contributed by atoms with van der Waals surface area (Å²) in [4.78, 5) is 0. The summed E-state index contributed by atoms with van der Waals surface area (Å²) in [6, 6.07) is 1.86. The first-order valence-electron chi connectivity index (χ1n) is 4.94. The molecule has 1 aromatic heterocycles. The van der Waals surface area contributed by atoms with Crippen LogP contribution < -0.4 is 0 Å². The van der Waals surface area contributed by atoms with Gasteiger partial charge in [0, 0.05) is 6.07 Å². The summed E-state index contributed by atoms with van der Waals surface area (Å²) in [5.74, 6) is 0.723. The molecule has 86 valence electrons. The molecule has 0 bridgehead atoms. The molecule has 15 heavy (non-hydrogen) atoms. The van der Waals surface area contributed by atoms with E-state index in [1.807, 2.05) is 19.9 Å². The molecule has 0 radical (unpaired) electrons. The van der Waals surface area contributed by atoms with E-state index in [1.54, 1.807) is 6.92 Å². The molecule has 0 fully saturated rings. The van der Waals surface area contributed by atoms with E-state index in [0.29, 0.717) is 0 Å². The number of aryl methyl sites for hydroxylation is 1. The smallest absolute Gasteiger partial charge is 0.165 e. The molecule has 4 nitrogen and oxygen atoms in total. The lowest BCUT2D eigenvalue weighted by molar-refractivity contribution is -0.104. The van der Waals surface area contributed by atoms with Gasteiger partial charge >= 0.3 is 0 Å². The second-order valence-electron chi connectivity index (χ2n) is 3.26. The fourth-order valence-corrected chi connectivity index (χ4v) is 1.20. The Morgan fingerprint density at radius 2 is 2.27 bits per heavy atom. The van der Waals surface area contributed by atoms with Crippen LogP contribution in [0.2, 0.25) is 0 Å². The van der Waals surface area contributed by atoms with Gasteiger partial charge in [-0.25, -0.2) is 0 Å². The van der Waals surface area contributed by atoms with E-state index in [2.05, 4.69) is 5.16 Å². The first-order chi connectivity index (χ1) is 7.13. The highest BCUT2D eigenvalue weighted by molar-refractivity contribution is 6.19. The van der Waals surface area contributed by atoms with Crippen LogP contribution >= 0.6 is 11.6 Å². The maximum atomic E-state index is 5.62. The molecule has 0 spiro atoms. The third kappa shape index (κ3) is 4.20. The molecule has 1 rings (SSSR count). The zero-order valence-electron chi connectivity index (χ0n) is 9.20. The van der Waals surface area contributed by atoms with Crippen molar-refractivity contribution in [2.75, 3.05) is 6.79 Å². The third-order valence-electron chi connectivity index (χ3n) is 1.90. The number of nitrogens with zero attached hydrogens (tertiary/aromatic N) is 1. The maximum absolute atomic E-state index is 5.62. The van der Waals surface area contributed by atoms with Crippen molar-refractivity contribution in [3.05, 3.63) is 17.5 Å². The van der Waals surface area contributed by atoms with E-state index >= 15 is 0 Å². The van der Waals surface area contributed by atoms with Gasteiger partial charge in [-0.15, -0.1) is 0 Å². The number of halogens is 1. The normalized spacial score (nSPS) is 15.2. The third-order valence-corrected chi connectivity index (χ3v) is 2.03. The lowest BCUT2D eigenvalue weighted by Gasteiger charge is -2.13. The van der Waals surface area contributed by atoms with Crippen molar-refractivity contribution in [1.82, 2.24) is 5.16 Å². The average Bonchev–Trinajstić information content (AvgIpc) is 2.59. The van der Waals surface area contributed by atoms with Gasteiger partial charge in [-0.2, -0.15) is 0 Å². The molecule has 2 unspecified atom stereocenters. The second-order valence-corrected chi connectivity index (χ2v) is 3.88. The van der Waals surface area contributed by atoms with Gasteiger partial charge in [-0.1, -0.05) is 23.7 Å². The largest absolute Gasteiger partial charge is 0.358 e. The molecule has 2 atom stereocenters. The molecule has 0 N–H and O–H groups in total. The highest BCUT2D eigenvalue weighted by Gasteiger charge is 2.15. The minimum atomic E-state index is -0.348. The molecule has 1 heterocycles. The van der Waals surface area contributed by atoms with Crippen molar-refractivity contribution in [3.8, 4) is 0 Å². The van der Waals surface area contributed by atoms with E-state index < -0.39 is 0 Å². The van der Waals surface area contributed by atoms with Crippen LogP contribution in [0.4, 0.5) is 0 Å². The van der Waals surface area contributed by atoms with Crippen LogP contribution in [0.5, 0.6) is 0 Å². The zero-order valence-corrected chi connectivity index (χ0v) is 9.95. The summed E-state index contributed by atoms with van der Waals surface area (Å²) in [5.41, 5.74) is 0.498. The summed E-state index contributed by atoms with van der Waals surface area (Å²) in [7, 11) is 0. The van der Waals surface area contributed by atoms with Crippen LogP contribution in [-0.2, 0) is 9.47 Å². The summed E-state index contributed by atoms with van der Waals surface area (Å²) in [5, 5.41) is 3.81. The van der Waals surface area contributed by atoms with E-state index in [-0.39, 0.29) is 18.5 Å². The minimum absolute atomic E-state index is 0.124. The van der Waals surface area contributed by atoms with Crippen LogP contribution in [0.1, 0.15) is 37.8 Å². The van der Waals surface area contributed by atoms with E-state index in [0.717, 1.165) is 17.9 Å². The Kier molecular flexibility index (Phi) is 5.08. The molecule has 5 heteroatoms. The molecule has 0 aliphatic heterocycles. The van der Waals surface area contributed by atoms with Crippen molar-refractivity contribution >= 4 is 11.6 Å². The molecule has 0 aromatic carbocycles. The van der Waals surface area contributed by atoms with Gasteiger partial charge in [0.05, 0.1) is 5.69 Å². The predicted octanol–water partition coefficient (Wildman–Crippen LogP) is 3.01. The lowest BCUT2D eigenvalue weighted by atomic mass is 10.2. The van der Waals surface area contributed by atoms with Crippen LogP contribution in [-0.4, -0.2) is 17.5 Å². The predicted molar refractivity (Wildman–Crippen MR) is 56.6 cm³/mol. The lowest BCUT2D eigenvalue weighted by Crippen LogP contribution is -2.09. The fourth-order valence-electron chi connectivity index (χ4n) is 1.15. The van der Waals surface area contributed by atoms with Crippen LogP contribution in [0.25, 0.3) is 0 Å². The first-order valence-corrected chi connectivity index (χ1v) is 5.37. The van der Waals surface area contributed by atoms with Gasteiger partial charge in [0.1, 0.15) is 18.5 Å². The average molecular weight is 234 g/mol. The van der Waals surface area contributed by atoms with E-state index in [9.17, 15) is 0 Å². The van der Waals surface area contributed by atoms with Gasteiger partial charge in [-0.3, -0.25) is 0 Å². The Labute approximate surface area is 94.5 Å². The van der Waals surface area contributed by atoms with Gasteiger partial charge in [-0.05, 0) is 20.3 Å². The molecular weight excluding hydrogens is 218 g/mol. The van der Waals surface area contributed by atoms with E-state index in [1.165, 1.54) is 0 Å². The molecule has 1 aromatic rings. The van der Waals surface area contributed by atoms with Crippen LogP contribution in [0.15, 0.2) is 10.6 Å². The monoisotopic (exact) mass is 233 g/mol. The molecule has 0 aliphatic rings. The van der Waals surface area contributed by atoms with Crippen molar-refractivity contribution in [3.63, 3.8) is 0 Å².